The van der Waals surface area contributed by atoms with Crippen molar-refractivity contribution in [1.82, 2.24) is 4.57 Å². The molecule has 1 aliphatic heterocycles. The molecule has 6 rings (SSSR count). The van der Waals surface area contributed by atoms with Crippen LogP contribution in [0.2, 0.25) is 0 Å². The largest absolute Gasteiger partial charge is 0.496 e. The van der Waals surface area contributed by atoms with Gasteiger partial charge >= 0.3 is 5.97 Å². The molecule has 5 aromatic rings. The van der Waals surface area contributed by atoms with E-state index in [1.54, 1.807) is 30.4 Å². The van der Waals surface area contributed by atoms with Crippen LogP contribution in [0, 0.1) is 0 Å². The van der Waals surface area contributed by atoms with Gasteiger partial charge in [0.2, 0.25) is 0 Å². The summed E-state index contributed by atoms with van der Waals surface area (Å²) in [6, 6.07) is 28.7. The van der Waals surface area contributed by atoms with Crippen molar-refractivity contribution in [2.24, 2.45) is 4.99 Å². The lowest BCUT2D eigenvalue weighted by Gasteiger charge is -2.26. The van der Waals surface area contributed by atoms with Gasteiger partial charge in [0.05, 0.1) is 35.6 Å². The molecular formula is C34H28N2O4S2. The SMILES string of the molecule is CCOC(=O)C1=C(c2ccccc2)N=c2s/c(=C/c3c(OC)ccc4ccccc34)c(=O)n2[C@H]1c1ccc(SC)cc1. The third-order valence-electron chi connectivity index (χ3n) is 7.23. The molecule has 4 aromatic carbocycles. The number of methoxy groups -OCH3 is 1. The van der Waals surface area contributed by atoms with Crippen LogP contribution in [0.4, 0.5) is 0 Å². The minimum Gasteiger partial charge on any atom is -0.496 e. The highest BCUT2D eigenvalue weighted by atomic mass is 32.2. The van der Waals surface area contributed by atoms with E-state index in [9.17, 15) is 9.59 Å². The number of hydrogen-bond acceptors (Lipinski definition) is 7. The number of hydrogen-bond donors (Lipinski definition) is 0. The van der Waals surface area contributed by atoms with Gasteiger partial charge in [-0.05, 0) is 53.8 Å². The predicted octanol–water partition coefficient (Wildman–Crippen LogP) is 5.82. The number of ether oxygens (including phenoxy) is 2. The fourth-order valence-electron chi connectivity index (χ4n) is 5.28. The normalized spacial score (nSPS) is 14.9. The number of carbonyl (C=O) groups is 1. The first-order valence-corrected chi connectivity index (χ1v) is 15.6. The molecule has 0 unspecified atom stereocenters. The van der Waals surface area contributed by atoms with Crippen LogP contribution < -0.4 is 19.6 Å². The number of nitrogens with zero attached hydrogens (tertiary/aromatic N) is 2. The van der Waals surface area contributed by atoms with Crippen LogP contribution in [-0.2, 0) is 9.53 Å². The topological polar surface area (TPSA) is 69.9 Å². The van der Waals surface area contributed by atoms with Gasteiger partial charge in [0.1, 0.15) is 5.75 Å². The molecule has 0 aliphatic carbocycles. The van der Waals surface area contributed by atoms with Crippen molar-refractivity contribution in [2.45, 2.75) is 17.9 Å². The molecule has 0 amide bonds. The third-order valence-corrected chi connectivity index (χ3v) is 8.96. The average molecular weight is 593 g/mol. The summed E-state index contributed by atoms with van der Waals surface area (Å²) in [6.45, 7) is 1.98. The summed E-state index contributed by atoms with van der Waals surface area (Å²) in [5.74, 6) is 0.171. The predicted molar refractivity (Wildman–Crippen MR) is 170 cm³/mol. The lowest BCUT2D eigenvalue weighted by molar-refractivity contribution is -0.138. The lowest BCUT2D eigenvalue weighted by Crippen LogP contribution is -2.40. The second kappa shape index (κ2) is 11.8. The Kier molecular flexibility index (Phi) is 7.82. The molecule has 210 valence electrons. The van der Waals surface area contributed by atoms with E-state index < -0.39 is 12.0 Å². The average Bonchev–Trinajstić information content (AvgIpc) is 3.35. The number of thiazole rings is 1. The molecule has 1 aromatic heterocycles. The highest BCUT2D eigenvalue weighted by molar-refractivity contribution is 7.98. The second-order valence-electron chi connectivity index (χ2n) is 9.61. The Morgan fingerprint density at radius 2 is 1.74 bits per heavy atom. The van der Waals surface area contributed by atoms with Crippen LogP contribution in [0.3, 0.4) is 0 Å². The molecule has 0 saturated heterocycles. The van der Waals surface area contributed by atoms with Gasteiger partial charge in [0.25, 0.3) is 5.56 Å². The summed E-state index contributed by atoms with van der Waals surface area (Å²) in [5.41, 5.74) is 3.00. The zero-order chi connectivity index (χ0) is 29.2. The van der Waals surface area contributed by atoms with Crippen molar-refractivity contribution in [3.8, 4) is 5.75 Å². The van der Waals surface area contributed by atoms with Crippen LogP contribution in [-0.4, -0.2) is 30.5 Å². The number of aromatic nitrogens is 1. The summed E-state index contributed by atoms with van der Waals surface area (Å²) in [7, 11) is 1.62. The van der Waals surface area contributed by atoms with E-state index >= 15 is 0 Å². The Bertz CT molecular complexity index is 2010. The van der Waals surface area contributed by atoms with E-state index in [1.165, 1.54) is 11.3 Å². The minimum absolute atomic E-state index is 0.202. The zero-order valence-electron chi connectivity index (χ0n) is 23.4. The Morgan fingerprint density at radius 3 is 2.45 bits per heavy atom. The maximum Gasteiger partial charge on any atom is 0.338 e. The quantitative estimate of drug-likeness (QED) is 0.176. The highest BCUT2D eigenvalue weighted by Gasteiger charge is 2.35. The van der Waals surface area contributed by atoms with Gasteiger partial charge in [-0.25, -0.2) is 9.79 Å². The minimum atomic E-state index is -0.719. The molecule has 0 N–H and O–H groups in total. The van der Waals surface area contributed by atoms with Crippen molar-refractivity contribution in [2.75, 3.05) is 20.0 Å². The monoisotopic (exact) mass is 592 g/mol. The Morgan fingerprint density at radius 1 is 1.00 bits per heavy atom. The number of fused-ring (bicyclic) bond motifs is 2. The summed E-state index contributed by atoms with van der Waals surface area (Å²) in [4.78, 5) is 34.5. The smallest absolute Gasteiger partial charge is 0.338 e. The molecule has 1 aliphatic rings. The highest BCUT2D eigenvalue weighted by Crippen LogP contribution is 2.36. The van der Waals surface area contributed by atoms with Gasteiger partial charge < -0.3 is 9.47 Å². The van der Waals surface area contributed by atoms with E-state index in [0.717, 1.165) is 32.4 Å². The number of rotatable bonds is 7. The van der Waals surface area contributed by atoms with E-state index in [2.05, 4.69) is 0 Å². The van der Waals surface area contributed by atoms with Crippen LogP contribution >= 0.6 is 23.1 Å². The first-order chi connectivity index (χ1) is 20.5. The molecular weight excluding hydrogens is 565 g/mol. The van der Waals surface area contributed by atoms with Crippen LogP contribution in [0.5, 0.6) is 5.75 Å². The van der Waals surface area contributed by atoms with Gasteiger partial charge in [0, 0.05) is 16.0 Å². The van der Waals surface area contributed by atoms with E-state index in [4.69, 9.17) is 14.5 Å². The summed E-state index contributed by atoms with van der Waals surface area (Å²) >= 11 is 2.93. The van der Waals surface area contributed by atoms with Gasteiger partial charge in [0.15, 0.2) is 4.80 Å². The fourth-order valence-corrected chi connectivity index (χ4v) is 6.67. The van der Waals surface area contributed by atoms with Gasteiger partial charge in [-0.15, -0.1) is 11.8 Å². The van der Waals surface area contributed by atoms with E-state index in [0.29, 0.717) is 26.4 Å². The molecule has 6 nitrogen and oxygen atoms in total. The van der Waals surface area contributed by atoms with E-state index in [1.807, 2.05) is 103 Å². The molecule has 8 heteroatoms. The number of thioether (sulfide) groups is 1. The maximum absolute atomic E-state index is 14.3. The van der Waals surface area contributed by atoms with Crippen molar-refractivity contribution in [3.05, 3.63) is 133 Å². The number of esters is 1. The van der Waals surface area contributed by atoms with Crippen molar-refractivity contribution >= 4 is 51.6 Å². The number of benzene rings is 4. The number of carbonyl (C=O) groups excluding carboxylic acids is 1. The second-order valence-corrected chi connectivity index (χ2v) is 11.5. The van der Waals surface area contributed by atoms with Gasteiger partial charge in [-0.1, -0.05) is 84.1 Å². The van der Waals surface area contributed by atoms with Gasteiger partial charge in [-0.2, -0.15) is 0 Å². The molecule has 1 atom stereocenters. The summed E-state index contributed by atoms with van der Waals surface area (Å²) < 4.78 is 13.4. The Labute approximate surface area is 251 Å². The standard InChI is InChI=1S/C34H28N2O4S2/c1-4-40-33(38)29-30(22-11-6-5-7-12-22)35-34-36(31(29)23-14-17-24(41-3)18-15-23)32(37)28(42-34)20-26-25-13-9-8-10-21(25)16-19-27(26)39-2/h5-20,31H,4H2,1-3H3/b28-20+/t31-/m0/s1. The molecule has 0 radical (unpaired) electrons. The van der Waals surface area contributed by atoms with Crippen LogP contribution in [0.1, 0.15) is 29.7 Å². The maximum atomic E-state index is 14.3. The van der Waals surface area contributed by atoms with Crippen molar-refractivity contribution in [1.29, 1.82) is 0 Å². The summed E-state index contributed by atoms with van der Waals surface area (Å²) in [6.07, 6.45) is 3.88. The zero-order valence-corrected chi connectivity index (χ0v) is 25.0. The van der Waals surface area contributed by atoms with Crippen molar-refractivity contribution < 1.29 is 14.3 Å². The molecule has 0 spiro atoms. The Hall–Kier alpha value is -4.40. The fraction of sp³-hybridized carbons (Fsp3) is 0.147. The van der Waals surface area contributed by atoms with Crippen LogP contribution in [0.25, 0.3) is 22.5 Å². The first kappa shape index (κ1) is 27.8. The van der Waals surface area contributed by atoms with Gasteiger partial charge in [-0.3, -0.25) is 9.36 Å². The Balaban J connectivity index is 1.67. The molecule has 42 heavy (non-hydrogen) atoms. The summed E-state index contributed by atoms with van der Waals surface area (Å²) in [5, 5.41) is 2.02. The van der Waals surface area contributed by atoms with E-state index in [-0.39, 0.29) is 12.2 Å². The molecule has 0 bridgehead atoms. The molecule has 2 heterocycles. The van der Waals surface area contributed by atoms with Crippen LogP contribution in [0.15, 0.2) is 111 Å². The third kappa shape index (κ3) is 4.97. The first-order valence-electron chi connectivity index (χ1n) is 13.5. The lowest BCUT2D eigenvalue weighted by atomic mass is 9.93. The van der Waals surface area contributed by atoms with Crippen molar-refractivity contribution in [3.63, 3.8) is 0 Å². The molecule has 0 fully saturated rings. The molecule has 0 saturated carbocycles.